The van der Waals surface area contributed by atoms with Crippen LogP contribution in [0.1, 0.15) is 0 Å². The zero-order valence-electron chi connectivity index (χ0n) is 4.87. The molecule has 0 saturated heterocycles. The van der Waals surface area contributed by atoms with Crippen molar-refractivity contribution in [2.24, 2.45) is 11.5 Å². The first-order valence-electron chi connectivity index (χ1n) is 2.65. The molecule has 1 aliphatic rings. The highest BCUT2D eigenvalue weighted by Crippen LogP contribution is 2.00. The van der Waals surface area contributed by atoms with Gasteiger partial charge < -0.3 is 11.5 Å². The van der Waals surface area contributed by atoms with E-state index < -0.39 is 0 Å². The van der Waals surface area contributed by atoms with Crippen LogP contribution in [0.5, 0.6) is 0 Å². The number of ketones is 1. The number of allylic oxidation sites excluding steroid dienone is 2. The third-order valence-corrected chi connectivity index (χ3v) is 1.16. The Labute approximate surface area is 53.0 Å². The van der Waals surface area contributed by atoms with E-state index in [2.05, 4.69) is 0 Å². The molecule has 1 aliphatic carbocycles. The Morgan fingerprint density at radius 1 is 1.56 bits per heavy atom. The van der Waals surface area contributed by atoms with Crippen molar-refractivity contribution in [2.75, 3.05) is 0 Å². The molecular formula is C6H8N2O. The fourth-order valence-electron chi connectivity index (χ4n) is 0.618. The molecule has 0 fully saturated rings. The van der Waals surface area contributed by atoms with Crippen LogP contribution in [0.3, 0.4) is 0 Å². The van der Waals surface area contributed by atoms with E-state index in [0.29, 0.717) is 5.70 Å². The van der Waals surface area contributed by atoms with Gasteiger partial charge in [-0.15, -0.1) is 0 Å². The minimum Gasteiger partial charge on any atom is -0.400 e. The Morgan fingerprint density at radius 3 is 2.67 bits per heavy atom. The van der Waals surface area contributed by atoms with E-state index in [1.807, 2.05) is 0 Å². The topological polar surface area (TPSA) is 69.1 Å². The van der Waals surface area contributed by atoms with Crippen LogP contribution in [0.2, 0.25) is 0 Å². The van der Waals surface area contributed by atoms with Crippen LogP contribution in [-0.2, 0) is 4.79 Å². The van der Waals surface area contributed by atoms with Crippen LogP contribution in [0.4, 0.5) is 0 Å². The van der Waals surface area contributed by atoms with Gasteiger partial charge in [-0.05, 0) is 6.08 Å². The van der Waals surface area contributed by atoms with E-state index in [1.54, 1.807) is 6.08 Å². The molecule has 1 rings (SSSR count). The summed E-state index contributed by atoms with van der Waals surface area (Å²) in [6.45, 7) is 0. The highest BCUT2D eigenvalue weighted by Gasteiger charge is 2.07. The number of nitrogens with two attached hydrogens (primary N) is 2. The summed E-state index contributed by atoms with van der Waals surface area (Å²) in [7, 11) is 0. The van der Waals surface area contributed by atoms with Crippen molar-refractivity contribution in [1.29, 1.82) is 0 Å². The van der Waals surface area contributed by atoms with Crippen LogP contribution in [0.25, 0.3) is 0 Å². The van der Waals surface area contributed by atoms with Crippen molar-refractivity contribution in [2.45, 2.75) is 6.04 Å². The molecular weight excluding hydrogens is 116 g/mol. The van der Waals surface area contributed by atoms with Gasteiger partial charge in [0.05, 0.1) is 6.04 Å². The molecule has 3 heteroatoms. The lowest BCUT2D eigenvalue weighted by Gasteiger charge is -2.08. The van der Waals surface area contributed by atoms with Crippen molar-refractivity contribution < 1.29 is 4.79 Å². The smallest absolute Gasteiger partial charge is 0.180 e. The Hall–Kier alpha value is -1.09. The first-order valence-corrected chi connectivity index (χ1v) is 2.65. The number of rotatable bonds is 0. The number of hydrogen-bond acceptors (Lipinski definition) is 3. The SMILES string of the molecule is NC1=CC(=O)C=CC1N. The fourth-order valence-corrected chi connectivity index (χ4v) is 0.618. The van der Waals surface area contributed by atoms with E-state index in [1.165, 1.54) is 12.2 Å². The predicted molar refractivity (Wildman–Crippen MR) is 34.4 cm³/mol. The van der Waals surface area contributed by atoms with Crippen molar-refractivity contribution in [3.8, 4) is 0 Å². The molecule has 48 valence electrons. The summed E-state index contributed by atoms with van der Waals surface area (Å²) in [5, 5.41) is 0. The average Bonchev–Trinajstić information content (AvgIpc) is 1.80. The predicted octanol–water partition coefficient (Wildman–Crippen LogP) is -0.705. The first-order chi connectivity index (χ1) is 4.20. The van der Waals surface area contributed by atoms with E-state index in [4.69, 9.17) is 11.5 Å². The third-order valence-electron chi connectivity index (χ3n) is 1.16. The van der Waals surface area contributed by atoms with E-state index in [0.717, 1.165) is 0 Å². The molecule has 4 N–H and O–H groups in total. The van der Waals surface area contributed by atoms with Gasteiger partial charge in [0.25, 0.3) is 0 Å². The van der Waals surface area contributed by atoms with Crippen molar-refractivity contribution in [3.63, 3.8) is 0 Å². The molecule has 0 bridgehead atoms. The molecule has 0 aliphatic heterocycles. The summed E-state index contributed by atoms with van der Waals surface area (Å²) in [4.78, 5) is 10.5. The van der Waals surface area contributed by atoms with Gasteiger partial charge in [0.2, 0.25) is 0 Å². The molecule has 0 aromatic carbocycles. The van der Waals surface area contributed by atoms with Crippen LogP contribution in [0.15, 0.2) is 23.9 Å². The number of carbonyl (C=O) groups excluding carboxylic acids is 1. The summed E-state index contributed by atoms with van der Waals surface area (Å²) in [6, 6.07) is -0.275. The summed E-state index contributed by atoms with van der Waals surface area (Å²) in [5.41, 5.74) is 11.2. The second-order valence-electron chi connectivity index (χ2n) is 1.93. The number of hydrogen-bond donors (Lipinski definition) is 2. The summed E-state index contributed by atoms with van der Waals surface area (Å²) >= 11 is 0. The molecule has 0 amide bonds. The lowest BCUT2D eigenvalue weighted by atomic mass is 10.1. The molecule has 0 spiro atoms. The van der Waals surface area contributed by atoms with E-state index >= 15 is 0 Å². The standard InChI is InChI=1S/C6H8N2O/c7-5-2-1-4(9)3-6(5)8/h1-3,5H,7-8H2. The molecule has 0 aromatic heterocycles. The van der Waals surface area contributed by atoms with Gasteiger partial charge in [-0.1, -0.05) is 6.08 Å². The van der Waals surface area contributed by atoms with Gasteiger partial charge in [0.15, 0.2) is 5.78 Å². The normalized spacial score (nSPS) is 26.1. The molecule has 1 atom stereocenters. The molecule has 9 heavy (non-hydrogen) atoms. The van der Waals surface area contributed by atoms with Gasteiger partial charge in [-0.3, -0.25) is 4.79 Å². The minimum absolute atomic E-state index is 0.0887. The summed E-state index contributed by atoms with van der Waals surface area (Å²) in [6.07, 6.45) is 4.34. The largest absolute Gasteiger partial charge is 0.400 e. The Bertz CT molecular complexity index is 193. The highest BCUT2D eigenvalue weighted by atomic mass is 16.1. The van der Waals surface area contributed by atoms with Crippen molar-refractivity contribution in [1.82, 2.24) is 0 Å². The van der Waals surface area contributed by atoms with Gasteiger partial charge in [-0.2, -0.15) is 0 Å². The fraction of sp³-hybridized carbons (Fsp3) is 0.167. The molecule has 0 saturated carbocycles. The van der Waals surface area contributed by atoms with Crippen LogP contribution in [-0.4, -0.2) is 11.8 Å². The van der Waals surface area contributed by atoms with Crippen LogP contribution >= 0.6 is 0 Å². The van der Waals surface area contributed by atoms with E-state index in [-0.39, 0.29) is 11.8 Å². The molecule has 1 unspecified atom stereocenters. The monoisotopic (exact) mass is 124 g/mol. The van der Waals surface area contributed by atoms with Gasteiger partial charge in [0.1, 0.15) is 0 Å². The zero-order valence-corrected chi connectivity index (χ0v) is 4.87. The van der Waals surface area contributed by atoms with E-state index in [9.17, 15) is 4.79 Å². The maximum atomic E-state index is 10.5. The lowest BCUT2D eigenvalue weighted by molar-refractivity contribution is -0.110. The van der Waals surface area contributed by atoms with Crippen LogP contribution in [0, 0.1) is 0 Å². The maximum Gasteiger partial charge on any atom is 0.180 e. The average molecular weight is 124 g/mol. The lowest BCUT2D eigenvalue weighted by Crippen LogP contribution is -2.28. The minimum atomic E-state index is -0.275. The zero-order chi connectivity index (χ0) is 6.85. The second-order valence-corrected chi connectivity index (χ2v) is 1.93. The van der Waals surface area contributed by atoms with Crippen LogP contribution < -0.4 is 11.5 Å². The van der Waals surface area contributed by atoms with Gasteiger partial charge in [-0.25, -0.2) is 0 Å². The summed E-state index contributed by atoms with van der Waals surface area (Å²) in [5.74, 6) is -0.0887. The Morgan fingerprint density at radius 2 is 2.22 bits per heavy atom. The molecule has 3 nitrogen and oxygen atoms in total. The third kappa shape index (κ3) is 1.17. The summed E-state index contributed by atoms with van der Waals surface area (Å²) < 4.78 is 0. The molecule has 0 heterocycles. The maximum absolute atomic E-state index is 10.5. The van der Waals surface area contributed by atoms with Gasteiger partial charge in [0, 0.05) is 11.8 Å². The van der Waals surface area contributed by atoms with Crippen molar-refractivity contribution >= 4 is 5.78 Å². The first kappa shape index (κ1) is 6.04. The number of carbonyl (C=O) groups is 1. The molecule has 0 radical (unpaired) electrons. The van der Waals surface area contributed by atoms with Crippen molar-refractivity contribution in [3.05, 3.63) is 23.9 Å². The second kappa shape index (κ2) is 2.03. The Balaban J connectivity index is 2.82. The highest BCUT2D eigenvalue weighted by molar-refractivity contribution is 6.00. The molecule has 0 aromatic rings. The quantitative estimate of drug-likeness (QED) is 0.448. The van der Waals surface area contributed by atoms with Gasteiger partial charge >= 0.3 is 0 Å². The Kier molecular flexibility index (Phi) is 1.36.